The summed E-state index contributed by atoms with van der Waals surface area (Å²) in [6.07, 6.45) is 0. The lowest BCUT2D eigenvalue weighted by Crippen LogP contribution is -2.31. The van der Waals surface area contributed by atoms with Crippen molar-refractivity contribution in [3.05, 3.63) is 70.1 Å². The van der Waals surface area contributed by atoms with Gasteiger partial charge in [0.15, 0.2) is 6.61 Å². The number of esters is 1. The van der Waals surface area contributed by atoms with E-state index < -0.39 is 5.97 Å². The highest BCUT2D eigenvalue weighted by atomic mass is 35.5. The summed E-state index contributed by atoms with van der Waals surface area (Å²) in [4.78, 5) is 24.6. The van der Waals surface area contributed by atoms with Crippen molar-refractivity contribution in [3.63, 3.8) is 0 Å². The van der Waals surface area contributed by atoms with E-state index in [9.17, 15) is 9.59 Å². The quantitative estimate of drug-likeness (QED) is 0.665. The van der Waals surface area contributed by atoms with Gasteiger partial charge in [-0.05, 0) is 42.1 Å². The zero-order chi connectivity index (χ0) is 17.8. The average molecular weight is 374 g/mol. The van der Waals surface area contributed by atoms with Gasteiger partial charge in [-0.3, -0.25) is 4.79 Å². The van der Waals surface area contributed by atoms with Crippen LogP contribution >= 0.6 is 22.9 Å². The Labute approximate surface area is 154 Å². The Balaban J connectivity index is 1.55. The third-order valence-corrected chi connectivity index (χ3v) is 5.02. The first-order chi connectivity index (χ1) is 12.0. The summed E-state index contributed by atoms with van der Waals surface area (Å²) < 4.78 is 6.12. The van der Waals surface area contributed by atoms with Crippen molar-refractivity contribution in [2.24, 2.45) is 0 Å². The first-order valence-corrected chi connectivity index (χ1v) is 8.93. The fourth-order valence-corrected chi connectivity index (χ4v) is 3.58. The zero-order valence-corrected chi connectivity index (χ0v) is 15.1. The molecule has 25 heavy (non-hydrogen) atoms. The van der Waals surface area contributed by atoms with Gasteiger partial charge in [-0.1, -0.05) is 41.9 Å². The number of amides is 1. The van der Waals surface area contributed by atoms with Crippen molar-refractivity contribution in [2.45, 2.75) is 13.0 Å². The standard InChI is InChI=1S/C19H16ClNO3S/c1-12(13-6-4-7-15(20)9-13)21-18(22)11-24-19(23)17-10-14-5-2-3-8-16(14)25-17/h2-10,12H,11H2,1H3,(H,21,22)/t12-/m1/s1. The molecule has 3 aromatic rings. The number of ether oxygens (including phenoxy) is 1. The van der Waals surface area contributed by atoms with E-state index in [4.69, 9.17) is 16.3 Å². The van der Waals surface area contributed by atoms with E-state index in [1.54, 1.807) is 18.2 Å². The molecule has 0 bridgehead atoms. The number of carbonyl (C=O) groups excluding carboxylic acids is 2. The van der Waals surface area contributed by atoms with E-state index in [0.717, 1.165) is 15.6 Å². The first kappa shape index (κ1) is 17.5. The van der Waals surface area contributed by atoms with Crippen LogP contribution in [0.15, 0.2) is 54.6 Å². The van der Waals surface area contributed by atoms with Gasteiger partial charge in [0.25, 0.3) is 5.91 Å². The summed E-state index contributed by atoms with van der Waals surface area (Å²) in [5, 5.41) is 4.38. The molecule has 0 aliphatic rings. The number of nitrogens with one attached hydrogen (secondary N) is 1. The van der Waals surface area contributed by atoms with E-state index >= 15 is 0 Å². The molecule has 0 saturated carbocycles. The Kier molecular flexibility index (Phi) is 5.36. The third kappa shape index (κ3) is 4.38. The minimum absolute atomic E-state index is 0.228. The Hall–Kier alpha value is -2.37. The number of thiophene rings is 1. The van der Waals surface area contributed by atoms with Crippen molar-refractivity contribution in [3.8, 4) is 0 Å². The van der Waals surface area contributed by atoms with Crippen LogP contribution in [-0.2, 0) is 9.53 Å². The van der Waals surface area contributed by atoms with Gasteiger partial charge in [0.1, 0.15) is 4.88 Å². The molecule has 0 fully saturated rings. The Morgan fingerprint density at radius 2 is 1.96 bits per heavy atom. The second-order valence-electron chi connectivity index (χ2n) is 5.57. The molecule has 0 aliphatic heterocycles. The first-order valence-electron chi connectivity index (χ1n) is 7.73. The van der Waals surface area contributed by atoms with Gasteiger partial charge in [-0.15, -0.1) is 11.3 Å². The Morgan fingerprint density at radius 3 is 2.72 bits per heavy atom. The van der Waals surface area contributed by atoms with Crippen molar-refractivity contribution >= 4 is 44.9 Å². The van der Waals surface area contributed by atoms with E-state index in [2.05, 4.69) is 5.32 Å². The van der Waals surface area contributed by atoms with Crippen molar-refractivity contribution < 1.29 is 14.3 Å². The largest absolute Gasteiger partial charge is 0.451 e. The molecule has 1 N–H and O–H groups in total. The fourth-order valence-electron chi connectivity index (χ4n) is 2.43. The van der Waals surface area contributed by atoms with Crippen molar-refractivity contribution in [1.82, 2.24) is 5.32 Å². The number of rotatable bonds is 5. The SMILES string of the molecule is C[C@@H](NC(=O)COC(=O)c1cc2ccccc2s1)c1cccc(Cl)c1. The molecule has 1 amide bonds. The van der Waals surface area contributed by atoms with E-state index in [1.165, 1.54) is 11.3 Å². The third-order valence-electron chi connectivity index (χ3n) is 3.69. The number of hydrogen-bond donors (Lipinski definition) is 1. The number of halogens is 1. The number of hydrogen-bond acceptors (Lipinski definition) is 4. The van der Waals surface area contributed by atoms with E-state index in [1.807, 2.05) is 43.3 Å². The molecule has 2 aromatic carbocycles. The molecule has 0 saturated heterocycles. The van der Waals surface area contributed by atoms with Gasteiger partial charge in [-0.25, -0.2) is 4.79 Å². The maximum atomic E-state index is 12.1. The lowest BCUT2D eigenvalue weighted by molar-refractivity contribution is -0.124. The van der Waals surface area contributed by atoms with Gasteiger partial charge in [-0.2, -0.15) is 0 Å². The minimum Gasteiger partial charge on any atom is -0.451 e. The molecule has 4 nitrogen and oxygen atoms in total. The molecular formula is C19H16ClNO3S. The maximum Gasteiger partial charge on any atom is 0.348 e. The fraction of sp³-hybridized carbons (Fsp3) is 0.158. The van der Waals surface area contributed by atoms with Gasteiger partial charge in [0, 0.05) is 9.72 Å². The molecule has 0 spiro atoms. The lowest BCUT2D eigenvalue weighted by Gasteiger charge is -2.14. The van der Waals surface area contributed by atoms with Crippen LogP contribution in [0.1, 0.15) is 28.2 Å². The van der Waals surface area contributed by atoms with Gasteiger partial charge >= 0.3 is 5.97 Å². The van der Waals surface area contributed by atoms with Crippen LogP contribution < -0.4 is 5.32 Å². The average Bonchev–Trinajstić information content (AvgIpc) is 3.04. The number of fused-ring (bicyclic) bond motifs is 1. The van der Waals surface area contributed by atoms with Crippen LogP contribution in [-0.4, -0.2) is 18.5 Å². The predicted octanol–water partition coefficient (Wildman–Crippen LogP) is 4.59. The molecule has 1 heterocycles. The minimum atomic E-state index is -0.494. The molecule has 1 aromatic heterocycles. The van der Waals surface area contributed by atoms with Gasteiger partial charge in [0.05, 0.1) is 6.04 Å². The summed E-state index contributed by atoms with van der Waals surface area (Å²) >= 11 is 7.30. The van der Waals surface area contributed by atoms with E-state index in [0.29, 0.717) is 9.90 Å². The van der Waals surface area contributed by atoms with E-state index in [-0.39, 0.29) is 18.6 Å². The van der Waals surface area contributed by atoms with Gasteiger partial charge < -0.3 is 10.1 Å². The number of carbonyl (C=O) groups is 2. The molecule has 0 radical (unpaired) electrons. The Morgan fingerprint density at radius 1 is 1.16 bits per heavy atom. The zero-order valence-electron chi connectivity index (χ0n) is 13.5. The Bertz CT molecular complexity index is 889. The molecule has 6 heteroatoms. The molecule has 128 valence electrons. The summed E-state index contributed by atoms with van der Waals surface area (Å²) in [5.74, 6) is -0.853. The summed E-state index contributed by atoms with van der Waals surface area (Å²) in [7, 11) is 0. The molecule has 0 aliphatic carbocycles. The topological polar surface area (TPSA) is 55.4 Å². The molecule has 0 unspecified atom stereocenters. The molecular weight excluding hydrogens is 358 g/mol. The van der Waals surface area contributed by atoms with Gasteiger partial charge in [0.2, 0.25) is 0 Å². The smallest absolute Gasteiger partial charge is 0.348 e. The highest BCUT2D eigenvalue weighted by Crippen LogP contribution is 2.25. The van der Waals surface area contributed by atoms with Crippen LogP contribution in [0.2, 0.25) is 5.02 Å². The normalized spacial score (nSPS) is 11.9. The highest BCUT2D eigenvalue weighted by molar-refractivity contribution is 7.20. The van der Waals surface area contributed by atoms with Crippen LogP contribution in [0.4, 0.5) is 0 Å². The molecule has 3 rings (SSSR count). The monoisotopic (exact) mass is 373 g/mol. The highest BCUT2D eigenvalue weighted by Gasteiger charge is 2.15. The number of benzene rings is 2. The summed E-state index contributed by atoms with van der Waals surface area (Å²) in [6.45, 7) is 1.52. The maximum absolute atomic E-state index is 12.1. The predicted molar refractivity (Wildman–Crippen MR) is 100 cm³/mol. The van der Waals surface area contributed by atoms with Crippen LogP contribution in [0, 0.1) is 0 Å². The lowest BCUT2D eigenvalue weighted by atomic mass is 10.1. The molecule has 1 atom stereocenters. The summed E-state index contributed by atoms with van der Waals surface area (Å²) in [6, 6.07) is 16.5. The second kappa shape index (κ2) is 7.68. The van der Waals surface area contributed by atoms with Crippen LogP contribution in [0.25, 0.3) is 10.1 Å². The van der Waals surface area contributed by atoms with Crippen molar-refractivity contribution in [1.29, 1.82) is 0 Å². The van der Waals surface area contributed by atoms with Crippen molar-refractivity contribution in [2.75, 3.05) is 6.61 Å². The second-order valence-corrected chi connectivity index (χ2v) is 7.09. The summed E-state index contributed by atoms with van der Waals surface area (Å²) in [5.41, 5.74) is 0.886. The van der Waals surface area contributed by atoms with Crippen LogP contribution in [0.3, 0.4) is 0 Å². The van der Waals surface area contributed by atoms with Crippen LogP contribution in [0.5, 0.6) is 0 Å².